The molecule has 0 aliphatic rings. The first kappa shape index (κ1) is 14.4. The van der Waals surface area contributed by atoms with Crippen molar-refractivity contribution in [2.45, 2.75) is 19.5 Å². The summed E-state index contributed by atoms with van der Waals surface area (Å²) in [7, 11) is 0. The highest BCUT2D eigenvalue weighted by Crippen LogP contribution is 2.25. The fourth-order valence-electron chi connectivity index (χ4n) is 1.89. The zero-order valence-electron chi connectivity index (χ0n) is 10.5. The Kier molecular flexibility index (Phi) is 4.86. The van der Waals surface area contributed by atoms with Gasteiger partial charge in [-0.05, 0) is 36.8 Å². The standard InChI is InChI=1S/C15H15BrClNO/c1-10(13-4-2-3-5-14(13)16)18-9-11-8-12(17)6-7-15(11)19/h2-8,10,18-19H,9H2,1H3. The minimum Gasteiger partial charge on any atom is -0.508 e. The normalized spacial score (nSPS) is 12.4. The van der Waals surface area contributed by atoms with Crippen molar-refractivity contribution >= 4 is 27.5 Å². The average Bonchev–Trinajstić information content (AvgIpc) is 2.40. The Morgan fingerprint density at radius 3 is 2.74 bits per heavy atom. The Balaban J connectivity index is 2.06. The highest BCUT2D eigenvalue weighted by molar-refractivity contribution is 9.10. The van der Waals surface area contributed by atoms with Crippen LogP contribution in [0.2, 0.25) is 5.02 Å². The molecule has 100 valence electrons. The van der Waals surface area contributed by atoms with Crippen molar-refractivity contribution < 1.29 is 5.11 Å². The first-order valence-corrected chi connectivity index (χ1v) is 7.20. The summed E-state index contributed by atoms with van der Waals surface area (Å²) in [4.78, 5) is 0. The first-order chi connectivity index (χ1) is 9.08. The molecule has 0 aliphatic carbocycles. The molecule has 0 fully saturated rings. The van der Waals surface area contributed by atoms with Crippen molar-refractivity contribution in [1.29, 1.82) is 0 Å². The van der Waals surface area contributed by atoms with Crippen LogP contribution in [0.5, 0.6) is 5.75 Å². The molecular weight excluding hydrogens is 326 g/mol. The van der Waals surface area contributed by atoms with Gasteiger partial charge in [-0.25, -0.2) is 0 Å². The number of hydrogen-bond donors (Lipinski definition) is 2. The summed E-state index contributed by atoms with van der Waals surface area (Å²) >= 11 is 9.47. The van der Waals surface area contributed by atoms with E-state index in [1.54, 1.807) is 18.2 Å². The minimum atomic E-state index is 0.175. The molecule has 0 bridgehead atoms. The third kappa shape index (κ3) is 3.72. The summed E-state index contributed by atoms with van der Waals surface area (Å²) in [6, 6.07) is 13.3. The van der Waals surface area contributed by atoms with Gasteiger partial charge in [-0.1, -0.05) is 45.7 Å². The molecule has 2 aromatic rings. The van der Waals surface area contributed by atoms with Crippen LogP contribution in [0.4, 0.5) is 0 Å². The maximum atomic E-state index is 9.77. The summed E-state index contributed by atoms with van der Waals surface area (Å²) in [5.41, 5.74) is 1.98. The topological polar surface area (TPSA) is 32.3 Å². The molecule has 2 nitrogen and oxygen atoms in total. The average molecular weight is 341 g/mol. The van der Waals surface area contributed by atoms with E-state index in [1.807, 2.05) is 18.2 Å². The number of rotatable bonds is 4. The van der Waals surface area contributed by atoms with Crippen LogP contribution in [0, 0.1) is 0 Å². The van der Waals surface area contributed by atoms with Crippen molar-refractivity contribution in [2.75, 3.05) is 0 Å². The lowest BCUT2D eigenvalue weighted by Gasteiger charge is -2.16. The molecule has 0 spiro atoms. The van der Waals surface area contributed by atoms with Crippen molar-refractivity contribution in [3.8, 4) is 5.75 Å². The predicted octanol–water partition coefficient (Wildman–Crippen LogP) is 4.66. The maximum absolute atomic E-state index is 9.77. The lowest BCUT2D eigenvalue weighted by atomic mass is 10.1. The highest BCUT2D eigenvalue weighted by Gasteiger charge is 2.09. The number of nitrogens with one attached hydrogen (secondary N) is 1. The summed E-state index contributed by atoms with van der Waals surface area (Å²) in [5.74, 6) is 0.260. The van der Waals surface area contributed by atoms with Crippen molar-refractivity contribution in [3.05, 3.63) is 63.1 Å². The van der Waals surface area contributed by atoms with Gasteiger partial charge < -0.3 is 10.4 Å². The summed E-state index contributed by atoms with van der Waals surface area (Å²) in [6.07, 6.45) is 0. The van der Waals surface area contributed by atoms with Gasteiger partial charge >= 0.3 is 0 Å². The predicted molar refractivity (Wildman–Crippen MR) is 82.5 cm³/mol. The summed E-state index contributed by atoms with van der Waals surface area (Å²) in [5, 5.41) is 13.8. The van der Waals surface area contributed by atoms with Crippen LogP contribution in [0.3, 0.4) is 0 Å². The van der Waals surface area contributed by atoms with Crippen LogP contribution in [-0.4, -0.2) is 5.11 Å². The molecule has 2 aromatic carbocycles. The molecule has 19 heavy (non-hydrogen) atoms. The summed E-state index contributed by atoms with van der Waals surface area (Å²) < 4.78 is 1.07. The molecule has 0 aromatic heterocycles. The lowest BCUT2D eigenvalue weighted by molar-refractivity contribution is 0.460. The minimum absolute atomic E-state index is 0.175. The lowest BCUT2D eigenvalue weighted by Crippen LogP contribution is -2.18. The molecule has 4 heteroatoms. The molecule has 0 saturated heterocycles. The van der Waals surface area contributed by atoms with Crippen LogP contribution in [-0.2, 0) is 6.54 Å². The number of phenolic OH excluding ortho intramolecular Hbond substituents is 1. The Labute approximate surface area is 126 Å². The molecule has 0 heterocycles. The van der Waals surface area contributed by atoms with Gasteiger partial charge in [0, 0.05) is 27.6 Å². The van der Waals surface area contributed by atoms with Gasteiger partial charge in [0.2, 0.25) is 0 Å². The van der Waals surface area contributed by atoms with E-state index in [4.69, 9.17) is 11.6 Å². The van der Waals surface area contributed by atoms with Crippen molar-refractivity contribution in [1.82, 2.24) is 5.32 Å². The molecule has 2 rings (SSSR count). The number of halogens is 2. The molecule has 0 radical (unpaired) electrons. The number of phenols is 1. The van der Waals surface area contributed by atoms with Gasteiger partial charge in [-0.2, -0.15) is 0 Å². The molecule has 1 atom stereocenters. The van der Waals surface area contributed by atoms with Crippen LogP contribution < -0.4 is 5.32 Å². The SMILES string of the molecule is CC(NCc1cc(Cl)ccc1O)c1ccccc1Br. The number of benzene rings is 2. The van der Waals surface area contributed by atoms with E-state index in [9.17, 15) is 5.11 Å². The van der Waals surface area contributed by atoms with Crippen LogP contribution in [0.25, 0.3) is 0 Å². The largest absolute Gasteiger partial charge is 0.508 e. The zero-order chi connectivity index (χ0) is 13.8. The summed E-state index contributed by atoms with van der Waals surface area (Å²) in [6.45, 7) is 2.65. The van der Waals surface area contributed by atoms with Crippen molar-refractivity contribution in [2.24, 2.45) is 0 Å². The van der Waals surface area contributed by atoms with E-state index in [0.29, 0.717) is 11.6 Å². The quantitative estimate of drug-likeness (QED) is 0.848. The van der Waals surface area contributed by atoms with E-state index in [1.165, 1.54) is 5.56 Å². The van der Waals surface area contributed by atoms with E-state index < -0.39 is 0 Å². The van der Waals surface area contributed by atoms with Gasteiger partial charge in [0.15, 0.2) is 0 Å². The Morgan fingerprint density at radius 1 is 1.26 bits per heavy atom. The maximum Gasteiger partial charge on any atom is 0.120 e. The molecular formula is C15H15BrClNO. The molecule has 0 saturated carbocycles. The molecule has 1 unspecified atom stereocenters. The molecule has 0 aliphatic heterocycles. The van der Waals surface area contributed by atoms with Gasteiger partial charge in [-0.15, -0.1) is 0 Å². The van der Waals surface area contributed by atoms with Crippen molar-refractivity contribution in [3.63, 3.8) is 0 Å². The highest BCUT2D eigenvalue weighted by atomic mass is 79.9. The second-order valence-electron chi connectivity index (χ2n) is 4.40. The van der Waals surface area contributed by atoms with Gasteiger partial charge in [0.05, 0.1) is 0 Å². The van der Waals surface area contributed by atoms with Crippen LogP contribution >= 0.6 is 27.5 Å². The fraction of sp³-hybridized carbons (Fsp3) is 0.200. The number of aromatic hydroxyl groups is 1. The van der Waals surface area contributed by atoms with E-state index >= 15 is 0 Å². The molecule has 0 amide bonds. The van der Waals surface area contributed by atoms with Gasteiger partial charge in [0.1, 0.15) is 5.75 Å². The second-order valence-corrected chi connectivity index (χ2v) is 5.69. The van der Waals surface area contributed by atoms with E-state index in [0.717, 1.165) is 10.0 Å². The monoisotopic (exact) mass is 339 g/mol. The first-order valence-electron chi connectivity index (χ1n) is 6.03. The second kappa shape index (κ2) is 6.42. The Morgan fingerprint density at radius 2 is 2.00 bits per heavy atom. The fourth-order valence-corrected chi connectivity index (χ4v) is 2.72. The van der Waals surface area contributed by atoms with E-state index in [-0.39, 0.29) is 11.8 Å². The number of hydrogen-bond acceptors (Lipinski definition) is 2. The Bertz CT molecular complexity index is 574. The van der Waals surface area contributed by atoms with E-state index in [2.05, 4.69) is 34.2 Å². The zero-order valence-corrected chi connectivity index (χ0v) is 12.9. The van der Waals surface area contributed by atoms with Gasteiger partial charge in [0.25, 0.3) is 0 Å². The third-order valence-electron chi connectivity index (χ3n) is 3.01. The van der Waals surface area contributed by atoms with Crippen LogP contribution in [0.15, 0.2) is 46.9 Å². The Hall–Kier alpha value is -1.03. The molecule has 2 N–H and O–H groups in total. The third-order valence-corrected chi connectivity index (χ3v) is 3.97. The van der Waals surface area contributed by atoms with Crippen LogP contribution in [0.1, 0.15) is 24.1 Å². The van der Waals surface area contributed by atoms with Gasteiger partial charge in [-0.3, -0.25) is 0 Å². The smallest absolute Gasteiger partial charge is 0.120 e.